The number of thiophene rings is 1. The Morgan fingerprint density at radius 2 is 1.50 bits per heavy atom. The molecule has 2 aromatic heterocycles. The minimum Gasteiger partial charge on any atom is -0.395 e. The van der Waals surface area contributed by atoms with Gasteiger partial charge in [0.15, 0.2) is 0 Å². The number of aromatic nitrogens is 1. The Hall–Kier alpha value is -3.26. The van der Waals surface area contributed by atoms with Crippen LogP contribution in [0.1, 0.15) is 16.9 Å². The number of hydrogen-bond donors (Lipinski definition) is 1. The van der Waals surface area contributed by atoms with Crippen LogP contribution in [0, 0.1) is 24.6 Å². The number of halogens is 1. The van der Waals surface area contributed by atoms with Crippen LogP contribution < -0.4 is 0 Å². The summed E-state index contributed by atoms with van der Waals surface area (Å²) in [5.74, 6) is 6.06. The minimum absolute atomic E-state index is 0.0280. The number of benzene rings is 2. The van der Waals surface area contributed by atoms with Crippen LogP contribution >= 0.6 is 11.3 Å². The van der Waals surface area contributed by atoms with Gasteiger partial charge in [-0.1, -0.05) is 53.8 Å². The maximum Gasteiger partial charge on any atom is 0.123 e. The zero-order chi connectivity index (χ0) is 20.9. The summed E-state index contributed by atoms with van der Waals surface area (Å²) in [5, 5.41) is 9.16. The summed E-state index contributed by atoms with van der Waals surface area (Å²) in [7, 11) is 0. The van der Waals surface area contributed by atoms with E-state index in [2.05, 4.69) is 48.0 Å². The summed E-state index contributed by atoms with van der Waals surface area (Å²) in [6.07, 6.45) is 3.97. The molecule has 0 radical (unpaired) electrons. The molecule has 0 amide bonds. The second-order valence-electron chi connectivity index (χ2n) is 6.89. The molecule has 4 aromatic rings. The van der Waals surface area contributed by atoms with Gasteiger partial charge < -0.3 is 5.11 Å². The van der Waals surface area contributed by atoms with E-state index in [0.717, 1.165) is 37.6 Å². The van der Waals surface area contributed by atoms with E-state index in [9.17, 15) is 4.39 Å². The molecule has 0 bridgehead atoms. The average Bonchev–Trinajstić information content (AvgIpc) is 3.15. The van der Waals surface area contributed by atoms with Crippen LogP contribution in [-0.2, 0) is 0 Å². The van der Waals surface area contributed by atoms with Crippen LogP contribution in [-0.4, -0.2) is 16.7 Å². The Labute approximate surface area is 179 Å². The lowest BCUT2D eigenvalue weighted by molar-refractivity contribution is 0.305. The Morgan fingerprint density at radius 1 is 0.867 bits per heavy atom. The van der Waals surface area contributed by atoms with E-state index < -0.39 is 0 Å². The van der Waals surface area contributed by atoms with Gasteiger partial charge in [-0.3, -0.25) is 4.98 Å². The molecular formula is C26H20FNOS. The van der Waals surface area contributed by atoms with Crippen molar-refractivity contribution in [2.45, 2.75) is 13.3 Å². The maximum absolute atomic E-state index is 13.6. The second-order valence-corrected chi connectivity index (χ2v) is 7.92. The highest BCUT2D eigenvalue weighted by Crippen LogP contribution is 2.47. The fourth-order valence-corrected chi connectivity index (χ4v) is 4.54. The predicted molar refractivity (Wildman–Crippen MR) is 122 cm³/mol. The normalized spacial score (nSPS) is 10.5. The lowest BCUT2D eigenvalue weighted by Crippen LogP contribution is -1.87. The minimum atomic E-state index is -0.262. The van der Waals surface area contributed by atoms with Crippen LogP contribution in [0.15, 0.2) is 73.1 Å². The molecule has 0 aliphatic rings. The maximum atomic E-state index is 13.6. The van der Waals surface area contributed by atoms with Gasteiger partial charge in [-0.15, -0.1) is 11.3 Å². The highest BCUT2D eigenvalue weighted by Gasteiger charge is 2.21. The molecule has 4 rings (SSSR count). The number of aryl methyl sites for hydroxylation is 1. The van der Waals surface area contributed by atoms with Gasteiger partial charge in [0, 0.05) is 34.8 Å². The Kier molecular flexibility index (Phi) is 6.04. The molecule has 0 aliphatic heterocycles. The summed E-state index contributed by atoms with van der Waals surface area (Å²) >= 11 is 1.59. The summed E-state index contributed by atoms with van der Waals surface area (Å²) in [6.45, 7) is 2.09. The molecule has 0 aliphatic carbocycles. The third kappa shape index (κ3) is 4.18. The molecule has 0 saturated heterocycles. The Morgan fingerprint density at radius 3 is 2.17 bits per heavy atom. The number of aliphatic hydroxyl groups excluding tert-OH is 1. The standard InChI is InChI=1S/C26H20FNOS/c1-18-5-7-19(8-6-18)24-23(4-2-3-17-29)30-26(21-9-11-22(27)12-10-21)25(24)20-13-15-28-16-14-20/h5-16,29H,3,17H2,1H3. The molecule has 30 heavy (non-hydrogen) atoms. The van der Waals surface area contributed by atoms with E-state index >= 15 is 0 Å². The van der Waals surface area contributed by atoms with Gasteiger partial charge in [0.2, 0.25) is 0 Å². The highest BCUT2D eigenvalue weighted by atomic mass is 32.1. The van der Waals surface area contributed by atoms with E-state index in [1.165, 1.54) is 17.7 Å². The smallest absolute Gasteiger partial charge is 0.123 e. The SMILES string of the molecule is Cc1ccc(-c2c(C#CCCO)sc(-c3ccc(F)cc3)c2-c2ccncc2)cc1. The van der Waals surface area contributed by atoms with Crippen molar-refractivity contribution in [1.82, 2.24) is 4.98 Å². The molecule has 148 valence electrons. The van der Waals surface area contributed by atoms with Gasteiger partial charge in [-0.2, -0.15) is 0 Å². The fraction of sp³-hybridized carbons (Fsp3) is 0.115. The Balaban J connectivity index is 2.03. The first-order valence-electron chi connectivity index (χ1n) is 9.67. The summed E-state index contributed by atoms with van der Waals surface area (Å²) in [5.41, 5.74) is 6.35. The monoisotopic (exact) mass is 413 g/mol. The van der Waals surface area contributed by atoms with Crippen molar-refractivity contribution in [3.63, 3.8) is 0 Å². The number of rotatable bonds is 4. The zero-order valence-electron chi connectivity index (χ0n) is 16.5. The highest BCUT2D eigenvalue weighted by molar-refractivity contribution is 7.17. The van der Waals surface area contributed by atoms with Crippen LogP contribution in [0.4, 0.5) is 4.39 Å². The fourth-order valence-electron chi connectivity index (χ4n) is 3.31. The molecule has 2 aromatic carbocycles. The van der Waals surface area contributed by atoms with Gasteiger partial charge >= 0.3 is 0 Å². The number of hydrogen-bond acceptors (Lipinski definition) is 3. The molecule has 4 heteroatoms. The average molecular weight is 414 g/mol. The number of nitrogens with zero attached hydrogens (tertiary/aromatic N) is 1. The largest absolute Gasteiger partial charge is 0.395 e. The second kappa shape index (κ2) is 9.04. The molecular weight excluding hydrogens is 393 g/mol. The lowest BCUT2D eigenvalue weighted by atomic mass is 9.93. The zero-order valence-corrected chi connectivity index (χ0v) is 17.3. The summed E-state index contributed by atoms with van der Waals surface area (Å²) < 4.78 is 13.6. The molecule has 0 unspecified atom stereocenters. The van der Waals surface area contributed by atoms with Crippen molar-refractivity contribution in [3.8, 4) is 44.5 Å². The van der Waals surface area contributed by atoms with Crippen molar-refractivity contribution in [3.05, 3.63) is 89.3 Å². The first kappa shape index (κ1) is 20.0. The van der Waals surface area contributed by atoms with Crippen molar-refractivity contribution in [2.24, 2.45) is 0 Å². The van der Waals surface area contributed by atoms with E-state index in [1.54, 1.807) is 35.9 Å². The van der Waals surface area contributed by atoms with Crippen LogP contribution in [0.3, 0.4) is 0 Å². The van der Waals surface area contributed by atoms with Gasteiger partial charge in [-0.05, 0) is 47.9 Å². The molecule has 1 N–H and O–H groups in total. The molecule has 2 nitrogen and oxygen atoms in total. The molecule has 0 atom stereocenters. The van der Waals surface area contributed by atoms with Gasteiger partial charge in [-0.25, -0.2) is 4.39 Å². The lowest BCUT2D eigenvalue weighted by Gasteiger charge is -2.10. The third-order valence-electron chi connectivity index (χ3n) is 4.76. The van der Waals surface area contributed by atoms with Crippen LogP contribution in [0.5, 0.6) is 0 Å². The molecule has 0 spiro atoms. The number of aliphatic hydroxyl groups is 1. The van der Waals surface area contributed by atoms with Crippen molar-refractivity contribution in [2.75, 3.05) is 6.61 Å². The van der Waals surface area contributed by atoms with Gasteiger partial charge in [0.1, 0.15) is 5.82 Å². The van der Waals surface area contributed by atoms with Crippen molar-refractivity contribution < 1.29 is 9.50 Å². The summed E-state index contributed by atoms with van der Waals surface area (Å²) in [6, 6.07) is 18.9. The third-order valence-corrected chi connectivity index (χ3v) is 5.92. The molecule has 0 saturated carbocycles. The van der Waals surface area contributed by atoms with Crippen LogP contribution in [0.2, 0.25) is 0 Å². The van der Waals surface area contributed by atoms with Gasteiger partial charge in [0.05, 0.1) is 11.5 Å². The predicted octanol–water partition coefficient (Wildman–Crippen LogP) is 6.33. The Bertz CT molecular complexity index is 1200. The first-order valence-corrected chi connectivity index (χ1v) is 10.5. The topological polar surface area (TPSA) is 33.1 Å². The first-order chi connectivity index (χ1) is 14.7. The van der Waals surface area contributed by atoms with Crippen LogP contribution in [0.25, 0.3) is 32.7 Å². The number of pyridine rings is 1. The van der Waals surface area contributed by atoms with E-state index in [4.69, 9.17) is 5.11 Å². The quantitative estimate of drug-likeness (QED) is 0.397. The van der Waals surface area contributed by atoms with Gasteiger partial charge in [0.25, 0.3) is 0 Å². The molecule has 2 heterocycles. The van der Waals surface area contributed by atoms with Crippen molar-refractivity contribution in [1.29, 1.82) is 0 Å². The van der Waals surface area contributed by atoms with E-state index in [0.29, 0.717) is 6.42 Å². The van der Waals surface area contributed by atoms with E-state index in [-0.39, 0.29) is 12.4 Å². The molecule has 0 fully saturated rings. The van der Waals surface area contributed by atoms with E-state index in [1.807, 2.05) is 12.1 Å². The summed E-state index contributed by atoms with van der Waals surface area (Å²) in [4.78, 5) is 6.13. The van der Waals surface area contributed by atoms with Crippen molar-refractivity contribution >= 4 is 11.3 Å².